The predicted octanol–water partition coefficient (Wildman–Crippen LogP) is 3.70. The van der Waals surface area contributed by atoms with Gasteiger partial charge in [0.25, 0.3) is 6.01 Å². The maximum Gasteiger partial charge on any atom is 0.292 e. The van der Waals surface area contributed by atoms with E-state index >= 15 is 0 Å². The molecule has 0 spiro atoms. The van der Waals surface area contributed by atoms with Gasteiger partial charge < -0.3 is 15.1 Å². The molecule has 3 N–H and O–H groups in total. The monoisotopic (exact) mass is 267 g/mol. The van der Waals surface area contributed by atoms with E-state index in [2.05, 4.69) is 9.97 Å². The van der Waals surface area contributed by atoms with Crippen LogP contribution >= 0.6 is 0 Å². The molecule has 0 aliphatic rings. The normalized spacial score (nSPS) is 11.4. The Bertz CT molecular complexity index is 939. The van der Waals surface area contributed by atoms with Gasteiger partial charge in [-0.25, -0.2) is 4.39 Å². The van der Waals surface area contributed by atoms with Gasteiger partial charge in [0.2, 0.25) is 0 Å². The summed E-state index contributed by atoms with van der Waals surface area (Å²) in [7, 11) is 0. The van der Waals surface area contributed by atoms with E-state index in [1.807, 2.05) is 24.3 Å². The summed E-state index contributed by atoms with van der Waals surface area (Å²) < 4.78 is 18.4. The standard InChI is InChI=1S/C15H10FN3O/c16-10-3-1-8-5-11(18-12(8)7-10)9-2-4-14-13(6-9)19-15(17)20-14/h1-7,18H,(H2,17,19). The first-order valence-corrected chi connectivity index (χ1v) is 6.14. The fourth-order valence-electron chi connectivity index (χ4n) is 2.37. The molecule has 4 aromatic rings. The summed E-state index contributed by atoms with van der Waals surface area (Å²) in [6.45, 7) is 0. The molecule has 5 heteroatoms. The summed E-state index contributed by atoms with van der Waals surface area (Å²) in [5, 5.41) is 0.959. The number of aromatic amines is 1. The molecular formula is C15H10FN3O. The van der Waals surface area contributed by atoms with Crippen LogP contribution in [0.15, 0.2) is 46.9 Å². The van der Waals surface area contributed by atoms with E-state index in [1.54, 1.807) is 6.07 Å². The number of aromatic nitrogens is 2. The minimum absolute atomic E-state index is 0.149. The molecule has 98 valence electrons. The fraction of sp³-hybridized carbons (Fsp3) is 0. The van der Waals surface area contributed by atoms with Gasteiger partial charge in [-0.05, 0) is 42.5 Å². The van der Waals surface area contributed by atoms with E-state index in [0.29, 0.717) is 11.1 Å². The summed E-state index contributed by atoms with van der Waals surface area (Å²) in [4.78, 5) is 7.30. The summed E-state index contributed by atoms with van der Waals surface area (Å²) >= 11 is 0. The molecule has 0 fully saturated rings. The van der Waals surface area contributed by atoms with Crippen molar-refractivity contribution in [1.29, 1.82) is 0 Å². The lowest BCUT2D eigenvalue weighted by atomic mass is 10.1. The van der Waals surface area contributed by atoms with Crippen molar-refractivity contribution < 1.29 is 8.81 Å². The SMILES string of the molecule is Nc1nc2cc(-c3cc4ccc(F)cc4[nH]3)ccc2o1. The van der Waals surface area contributed by atoms with Crippen molar-refractivity contribution in [2.24, 2.45) is 0 Å². The van der Waals surface area contributed by atoms with Crippen LogP contribution in [-0.2, 0) is 0 Å². The number of anilines is 1. The smallest absolute Gasteiger partial charge is 0.292 e. The van der Waals surface area contributed by atoms with Crippen molar-refractivity contribution >= 4 is 28.0 Å². The van der Waals surface area contributed by atoms with Crippen LogP contribution in [0.4, 0.5) is 10.4 Å². The Labute approximate surface area is 113 Å². The van der Waals surface area contributed by atoms with Crippen LogP contribution in [-0.4, -0.2) is 9.97 Å². The lowest BCUT2D eigenvalue weighted by molar-refractivity contribution is 0.626. The molecule has 20 heavy (non-hydrogen) atoms. The van der Waals surface area contributed by atoms with Gasteiger partial charge in [0.15, 0.2) is 5.58 Å². The number of rotatable bonds is 1. The van der Waals surface area contributed by atoms with E-state index in [-0.39, 0.29) is 11.8 Å². The summed E-state index contributed by atoms with van der Waals surface area (Å²) in [6, 6.07) is 12.4. The fourth-order valence-corrected chi connectivity index (χ4v) is 2.37. The third-order valence-electron chi connectivity index (χ3n) is 3.30. The topological polar surface area (TPSA) is 67.8 Å². The van der Waals surface area contributed by atoms with Gasteiger partial charge in [-0.1, -0.05) is 0 Å². The second kappa shape index (κ2) is 3.84. The summed E-state index contributed by atoms with van der Waals surface area (Å²) in [5.74, 6) is -0.259. The molecule has 0 saturated heterocycles. The highest BCUT2D eigenvalue weighted by Gasteiger charge is 2.08. The highest BCUT2D eigenvalue weighted by atomic mass is 19.1. The molecule has 0 aliphatic heterocycles. The largest absolute Gasteiger partial charge is 0.424 e. The molecule has 0 saturated carbocycles. The second-order valence-electron chi connectivity index (χ2n) is 4.65. The minimum atomic E-state index is -0.259. The molecule has 2 aromatic carbocycles. The number of nitrogen functional groups attached to an aromatic ring is 1. The van der Waals surface area contributed by atoms with Gasteiger partial charge in [0.1, 0.15) is 11.3 Å². The number of nitrogens with one attached hydrogen (secondary N) is 1. The van der Waals surface area contributed by atoms with Crippen molar-refractivity contribution in [3.63, 3.8) is 0 Å². The van der Waals surface area contributed by atoms with Crippen LogP contribution in [0.1, 0.15) is 0 Å². The van der Waals surface area contributed by atoms with Gasteiger partial charge in [-0.3, -0.25) is 0 Å². The van der Waals surface area contributed by atoms with Crippen LogP contribution in [0, 0.1) is 5.82 Å². The number of H-pyrrole nitrogens is 1. The minimum Gasteiger partial charge on any atom is -0.424 e. The highest BCUT2D eigenvalue weighted by Crippen LogP contribution is 2.28. The maximum absolute atomic E-state index is 13.2. The molecule has 0 atom stereocenters. The van der Waals surface area contributed by atoms with Crippen LogP contribution in [0.25, 0.3) is 33.3 Å². The number of nitrogens with zero attached hydrogens (tertiary/aromatic N) is 1. The number of fused-ring (bicyclic) bond motifs is 2. The molecule has 0 aliphatic carbocycles. The molecular weight excluding hydrogens is 257 g/mol. The number of benzene rings is 2. The van der Waals surface area contributed by atoms with Crippen molar-refractivity contribution in [1.82, 2.24) is 9.97 Å². The number of halogens is 1. The lowest BCUT2D eigenvalue weighted by Crippen LogP contribution is -1.81. The first kappa shape index (κ1) is 11.0. The Morgan fingerprint density at radius 1 is 1.10 bits per heavy atom. The zero-order valence-electron chi connectivity index (χ0n) is 10.4. The number of nitrogens with two attached hydrogens (primary N) is 1. The van der Waals surface area contributed by atoms with Crippen LogP contribution in [0.3, 0.4) is 0 Å². The van der Waals surface area contributed by atoms with E-state index in [9.17, 15) is 4.39 Å². The van der Waals surface area contributed by atoms with E-state index in [4.69, 9.17) is 10.2 Å². The molecule has 0 unspecified atom stereocenters. The molecule has 4 rings (SSSR count). The predicted molar refractivity (Wildman–Crippen MR) is 75.7 cm³/mol. The molecule has 2 aromatic heterocycles. The number of hydrogen-bond acceptors (Lipinski definition) is 3. The molecule has 2 heterocycles. The van der Waals surface area contributed by atoms with Crippen LogP contribution in [0.5, 0.6) is 0 Å². The number of hydrogen-bond donors (Lipinski definition) is 2. The summed E-state index contributed by atoms with van der Waals surface area (Å²) in [6.07, 6.45) is 0. The van der Waals surface area contributed by atoms with Crippen molar-refractivity contribution in [2.45, 2.75) is 0 Å². The average molecular weight is 267 g/mol. The highest BCUT2D eigenvalue weighted by molar-refractivity contribution is 5.88. The molecule has 0 amide bonds. The van der Waals surface area contributed by atoms with E-state index in [1.165, 1.54) is 12.1 Å². The van der Waals surface area contributed by atoms with Crippen LogP contribution < -0.4 is 5.73 Å². The maximum atomic E-state index is 13.2. The third-order valence-corrected chi connectivity index (χ3v) is 3.30. The molecule has 4 nitrogen and oxygen atoms in total. The average Bonchev–Trinajstić information content (AvgIpc) is 2.99. The Morgan fingerprint density at radius 3 is 2.90 bits per heavy atom. The zero-order valence-corrected chi connectivity index (χ0v) is 10.4. The van der Waals surface area contributed by atoms with Crippen molar-refractivity contribution in [2.75, 3.05) is 5.73 Å². The Kier molecular flexibility index (Phi) is 2.12. The number of oxazole rings is 1. The van der Waals surface area contributed by atoms with Crippen molar-refractivity contribution in [3.8, 4) is 11.3 Å². The Morgan fingerprint density at radius 2 is 2.00 bits per heavy atom. The van der Waals surface area contributed by atoms with Gasteiger partial charge in [0.05, 0.1) is 0 Å². The van der Waals surface area contributed by atoms with Gasteiger partial charge in [-0.2, -0.15) is 4.98 Å². The molecule has 0 bridgehead atoms. The van der Waals surface area contributed by atoms with Gasteiger partial charge in [0, 0.05) is 22.2 Å². The van der Waals surface area contributed by atoms with E-state index < -0.39 is 0 Å². The third kappa shape index (κ3) is 1.64. The van der Waals surface area contributed by atoms with Crippen LogP contribution in [0.2, 0.25) is 0 Å². The summed E-state index contributed by atoms with van der Waals surface area (Å²) in [5.41, 5.74) is 9.48. The Balaban J connectivity index is 1.90. The second-order valence-corrected chi connectivity index (χ2v) is 4.65. The van der Waals surface area contributed by atoms with Gasteiger partial charge >= 0.3 is 0 Å². The van der Waals surface area contributed by atoms with Gasteiger partial charge in [-0.15, -0.1) is 0 Å². The Hall–Kier alpha value is -2.82. The zero-order chi connectivity index (χ0) is 13.7. The first-order chi connectivity index (χ1) is 9.69. The van der Waals surface area contributed by atoms with E-state index in [0.717, 1.165) is 22.2 Å². The molecule has 0 radical (unpaired) electrons. The lowest BCUT2D eigenvalue weighted by Gasteiger charge is -1.96. The first-order valence-electron chi connectivity index (χ1n) is 6.14. The van der Waals surface area contributed by atoms with Crippen molar-refractivity contribution in [3.05, 3.63) is 48.3 Å². The quantitative estimate of drug-likeness (QED) is 0.552.